The van der Waals surface area contributed by atoms with E-state index >= 15 is 0 Å². The monoisotopic (exact) mass is 230 g/mol. The van der Waals surface area contributed by atoms with Crippen LogP contribution in [0, 0.1) is 0 Å². The molecule has 0 amide bonds. The third kappa shape index (κ3) is 4.16. The van der Waals surface area contributed by atoms with E-state index in [1.807, 2.05) is 6.07 Å². The minimum atomic E-state index is -4.84. The molecule has 0 aliphatic heterocycles. The Hall–Kier alpha value is -1.78. The fourth-order valence-corrected chi connectivity index (χ4v) is 0.923. The van der Waals surface area contributed by atoms with Crippen molar-refractivity contribution in [3.63, 3.8) is 0 Å². The molecule has 0 aromatic heterocycles. The normalized spacial score (nSPS) is 11.7. The molecule has 5 heteroatoms. The molecule has 0 atom stereocenters. The van der Waals surface area contributed by atoms with Crippen molar-refractivity contribution in [2.24, 2.45) is 0 Å². The fourth-order valence-electron chi connectivity index (χ4n) is 0.923. The van der Waals surface area contributed by atoms with E-state index in [0.29, 0.717) is 6.08 Å². The Kier molecular flexibility index (Phi) is 4.10. The van der Waals surface area contributed by atoms with Gasteiger partial charge in [0, 0.05) is 6.08 Å². The smallest absolute Gasteiger partial charge is 0.454 e. The second-order valence-electron chi connectivity index (χ2n) is 2.96. The summed E-state index contributed by atoms with van der Waals surface area (Å²) in [5, 5.41) is 0. The number of carbonyl (C=O) groups is 1. The average molecular weight is 230 g/mol. The van der Waals surface area contributed by atoms with Crippen LogP contribution in [0.25, 0.3) is 0 Å². The molecule has 16 heavy (non-hydrogen) atoms. The van der Waals surface area contributed by atoms with Crippen LogP contribution in [0.3, 0.4) is 0 Å². The molecule has 0 aliphatic carbocycles. The van der Waals surface area contributed by atoms with Crippen LogP contribution in [0.5, 0.6) is 0 Å². The van der Waals surface area contributed by atoms with E-state index in [0.717, 1.165) is 11.8 Å². The van der Waals surface area contributed by atoms with E-state index in [-0.39, 0.29) is 6.61 Å². The highest BCUT2D eigenvalue weighted by Crippen LogP contribution is 2.16. The summed E-state index contributed by atoms with van der Waals surface area (Å²) in [6.45, 7) is 0.127. The van der Waals surface area contributed by atoms with E-state index in [9.17, 15) is 18.0 Å². The molecule has 0 unspecified atom stereocenters. The summed E-state index contributed by atoms with van der Waals surface area (Å²) in [5.74, 6) is -1.93. The fraction of sp³-hybridized carbons (Fsp3) is 0.182. The van der Waals surface area contributed by atoms with Gasteiger partial charge in [-0.3, -0.25) is 4.79 Å². The summed E-state index contributed by atoms with van der Waals surface area (Å²) >= 11 is 0. The van der Waals surface area contributed by atoms with Crippen LogP contribution < -0.4 is 0 Å². The second-order valence-corrected chi connectivity index (χ2v) is 2.96. The summed E-state index contributed by atoms with van der Waals surface area (Å²) in [7, 11) is 0. The van der Waals surface area contributed by atoms with Crippen molar-refractivity contribution < 1.29 is 22.7 Å². The predicted molar refractivity (Wildman–Crippen MR) is 51.4 cm³/mol. The summed E-state index contributed by atoms with van der Waals surface area (Å²) in [6.07, 6.45) is -3.72. The lowest BCUT2D eigenvalue weighted by molar-refractivity contribution is -0.165. The highest BCUT2D eigenvalue weighted by Gasteiger charge is 2.36. The van der Waals surface area contributed by atoms with Crippen LogP contribution in [0.4, 0.5) is 13.2 Å². The summed E-state index contributed by atoms with van der Waals surface area (Å²) < 4.78 is 40.0. The summed E-state index contributed by atoms with van der Waals surface area (Å²) in [6, 6.07) is 8.90. The predicted octanol–water partition coefficient (Wildman–Crippen LogP) is 2.85. The lowest BCUT2D eigenvalue weighted by Crippen LogP contribution is -2.19. The molecule has 1 aromatic rings. The third-order valence-corrected chi connectivity index (χ3v) is 1.69. The van der Waals surface area contributed by atoms with Gasteiger partial charge in [-0.2, -0.15) is 13.2 Å². The molecule has 1 aromatic carbocycles. The van der Waals surface area contributed by atoms with Crippen molar-refractivity contribution in [1.29, 1.82) is 0 Å². The first-order valence-electron chi connectivity index (χ1n) is 4.43. The number of hydrogen-bond acceptors (Lipinski definition) is 2. The minimum Gasteiger partial charge on any atom is -0.496 e. The SMILES string of the molecule is O=C(/C=C/OCc1ccccc1)C(F)(F)F. The van der Waals surface area contributed by atoms with Gasteiger partial charge < -0.3 is 4.74 Å². The Morgan fingerprint density at radius 1 is 1.25 bits per heavy atom. The maximum Gasteiger partial charge on any atom is 0.454 e. The number of benzene rings is 1. The quantitative estimate of drug-likeness (QED) is 0.587. The van der Waals surface area contributed by atoms with Gasteiger partial charge in [0.25, 0.3) is 5.78 Å². The molecular formula is C11H9F3O2. The van der Waals surface area contributed by atoms with E-state index in [1.165, 1.54) is 0 Å². The van der Waals surface area contributed by atoms with Crippen molar-refractivity contribution >= 4 is 5.78 Å². The Morgan fingerprint density at radius 2 is 1.88 bits per heavy atom. The first kappa shape index (κ1) is 12.3. The van der Waals surface area contributed by atoms with E-state index in [4.69, 9.17) is 4.74 Å². The van der Waals surface area contributed by atoms with Crippen molar-refractivity contribution in [3.05, 3.63) is 48.2 Å². The molecule has 86 valence electrons. The second kappa shape index (κ2) is 5.34. The van der Waals surface area contributed by atoms with Crippen LogP contribution in [0.15, 0.2) is 42.7 Å². The lowest BCUT2D eigenvalue weighted by atomic mass is 10.2. The van der Waals surface area contributed by atoms with Gasteiger partial charge >= 0.3 is 6.18 Å². The Morgan fingerprint density at radius 3 is 2.44 bits per heavy atom. The number of ether oxygens (including phenoxy) is 1. The first-order chi connectivity index (χ1) is 7.50. The molecule has 1 rings (SSSR count). The van der Waals surface area contributed by atoms with Crippen LogP contribution >= 0.6 is 0 Å². The van der Waals surface area contributed by atoms with Gasteiger partial charge in [-0.15, -0.1) is 0 Å². The average Bonchev–Trinajstić information content (AvgIpc) is 2.24. The molecule has 0 radical (unpaired) electrons. The largest absolute Gasteiger partial charge is 0.496 e. The van der Waals surface area contributed by atoms with Gasteiger partial charge in [0.1, 0.15) is 6.61 Å². The topological polar surface area (TPSA) is 26.3 Å². The van der Waals surface area contributed by atoms with Crippen LogP contribution in [0.1, 0.15) is 5.56 Å². The highest BCUT2D eigenvalue weighted by atomic mass is 19.4. The zero-order valence-electron chi connectivity index (χ0n) is 8.20. The van der Waals surface area contributed by atoms with Gasteiger partial charge in [-0.05, 0) is 5.56 Å². The molecular weight excluding hydrogens is 221 g/mol. The van der Waals surface area contributed by atoms with Gasteiger partial charge in [-0.1, -0.05) is 30.3 Å². The Balaban J connectivity index is 2.37. The Labute approximate surface area is 90.3 Å². The number of carbonyl (C=O) groups excluding carboxylic acids is 1. The highest BCUT2D eigenvalue weighted by molar-refractivity contribution is 5.94. The molecule has 0 fully saturated rings. The van der Waals surface area contributed by atoms with Crippen molar-refractivity contribution in [2.45, 2.75) is 12.8 Å². The zero-order valence-corrected chi connectivity index (χ0v) is 8.20. The van der Waals surface area contributed by atoms with Crippen molar-refractivity contribution in [2.75, 3.05) is 0 Å². The van der Waals surface area contributed by atoms with E-state index < -0.39 is 12.0 Å². The van der Waals surface area contributed by atoms with Crippen LogP contribution in [-0.2, 0) is 16.1 Å². The number of halogens is 3. The molecule has 0 saturated heterocycles. The molecule has 0 N–H and O–H groups in total. The standard InChI is InChI=1S/C11H9F3O2/c12-11(13,14)10(15)6-7-16-8-9-4-2-1-3-5-9/h1-7H,8H2/b7-6+. The maximum absolute atomic E-state index is 11.7. The minimum absolute atomic E-state index is 0.127. The van der Waals surface area contributed by atoms with Gasteiger partial charge in [-0.25, -0.2) is 0 Å². The molecule has 2 nitrogen and oxygen atoms in total. The molecule has 0 saturated carbocycles. The number of rotatable bonds is 4. The number of allylic oxidation sites excluding steroid dienone is 1. The summed E-state index contributed by atoms with van der Waals surface area (Å²) in [4.78, 5) is 10.4. The molecule has 0 aliphatic rings. The van der Waals surface area contributed by atoms with Crippen molar-refractivity contribution in [1.82, 2.24) is 0 Å². The maximum atomic E-state index is 11.7. The Bertz CT molecular complexity index is 369. The first-order valence-corrected chi connectivity index (χ1v) is 4.43. The van der Waals surface area contributed by atoms with Crippen LogP contribution in [0.2, 0.25) is 0 Å². The lowest BCUT2D eigenvalue weighted by Gasteiger charge is -2.01. The van der Waals surface area contributed by atoms with Gasteiger partial charge in [0.15, 0.2) is 0 Å². The molecule has 0 spiro atoms. The molecule has 0 bridgehead atoms. The number of ketones is 1. The van der Waals surface area contributed by atoms with Gasteiger partial charge in [0.2, 0.25) is 0 Å². The number of hydrogen-bond donors (Lipinski definition) is 0. The van der Waals surface area contributed by atoms with E-state index in [2.05, 4.69) is 0 Å². The van der Waals surface area contributed by atoms with Crippen molar-refractivity contribution in [3.8, 4) is 0 Å². The van der Waals surface area contributed by atoms with Gasteiger partial charge in [0.05, 0.1) is 6.26 Å². The zero-order chi connectivity index (χ0) is 12.0. The number of alkyl halides is 3. The molecule has 0 heterocycles. The third-order valence-electron chi connectivity index (χ3n) is 1.69. The van der Waals surface area contributed by atoms with Crippen LogP contribution in [-0.4, -0.2) is 12.0 Å². The van der Waals surface area contributed by atoms with E-state index in [1.54, 1.807) is 24.3 Å². The summed E-state index contributed by atoms with van der Waals surface area (Å²) in [5.41, 5.74) is 0.812.